The molecule has 0 amide bonds. The van der Waals surface area contributed by atoms with Crippen LogP contribution in [0.4, 0.5) is 19.0 Å². The molecule has 1 saturated heterocycles. The van der Waals surface area contributed by atoms with Gasteiger partial charge in [0.15, 0.2) is 0 Å². The highest BCUT2D eigenvalue weighted by Gasteiger charge is 2.36. The van der Waals surface area contributed by atoms with E-state index in [2.05, 4.69) is 9.97 Å². The molecule has 1 aromatic heterocycles. The first-order chi connectivity index (χ1) is 11.0. The Morgan fingerprint density at radius 2 is 1.88 bits per heavy atom. The number of halogens is 3. The highest BCUT2D eigenvalue weighted by molar-refractivity contribution is 5.67. The average molecular weight is 351 g/mol. The maximum Gasteiger partial charge on any atom is 0.433 e. The molecule has 11 heteroatoms. The molecular formula is C13H16F3N3O5. The van der Waals surface area contributed by atoms with Gasteiger partial charge in [0.05, 0.1) is 12.5 Å². The highest BCUT2D eigenvalue weighted by Crippen LogP contribution is 2.31. The van der Waals surface area contributed by atoms with Gasteiger partial charge in [0.2, 0.25) is 0 Å². The van der Waals surface area contributed by atoms with Crippen molar-refractivity contribution in [1.29, 1.82) is 0 Å². The van der Waals surface area contributed by atoms with E-state index in [0.717, 1.165) is 19.3 Å². The van der Waals surface area contributed by atoms with Crippen LogP contribution in [0.1, 0.15) is 19.0 Å². The number of aliphatic hydroxyl groups excluding tert-OH is 1. The molecule has 0 unspecified atom stereocenters. The fourth-order valence-electron chi connectivity index (χ4n) is 2.14. The summed E-state index contributed by atoms with van der Waals surface area (Å²) < 4.78 is 37.6. The van der Waals surface area contributed by atoms with E-state index < -0.39 is 35.8 Å². The lowest BCUT2D eigenvalue weighted by Crippen LogP contribution is -2.23. The van der Waals surface area contributed by atoms with E-state index in [-0.39, 0.29) is 25.3 Å². The molecule has 0 spiro atoms. The highest BCUT2D eigenvalue weighted by atomic mass is 19.4. The van der Waals surface area contributed by atoms with Gasteiger partial charge >= 0.3 is 12.1 Å². The summed E-state index contributed by atoms with van der Waals surface area (Å²) in [5.41, 5.74) is -1.07. The molecule has 2 heterocycles. The minimum Gasteiger partial charge on any atom is -0.481 e. The third-order valence-electron chi connectivity index (χ3n) is 3.11. The summed E-state index contributed by atoms with van der Waals surface area (Å²) in [6.45, 7) is 1.27. The Morgan fingerprint density at radius 1 is 1.29 bits per heavy atom. The van der Waals surface area contributed by atoms with Crippen molar-refractivity contribution in [2.24, 2.45) is 5.92 Å². The number of alkyl halides is 3. The number of rotatable bonds is 3. The molecular weight excluding hydrogens is 335 g/mol. The summed E-state index contributed by atoms with van der Waals surface area (Å²) in [4.78, 5) is 27.9. The lowest BCUT2D eigenvalue weighted by Gasteiger charge is -2.17. The Morgan fingerprint density at radius 3 is 2.38 bits per heavy atom. The summed E-state index contributed by atoms with van der Waals surface area (Å²) in [5, 5.41) is 25.8. The van der Waals surface area contributed by atoms with Crippen LogP contribution >= 0.6 is 0 Å². The topological polar surface area (TPSA) is 124 Å². The summed E-state index contributed by atoms with van der Waals surface area (Å²) >= 11 is 0. The molecule has 0 aliphatic carbocycles. The smallest absolute Gasteiger partial charge is 0.433 e. The number of nitrogens with zero attached hydrogens (tertiary/aromatic N) is 3. The summed E-state index contributed by atoms with van der Waals surface area (Å²) in [6, 6.07) is 0.788. The number of carboxylic acid groups (broad SMARTS) is 2. The van der Waals surface area contributed by atoms with Crippen molar-refractivity contribution in [1.82, 2.24) is 9.97 Å². The van der Waals surface area contributed by atoms with E-state index in [1.165, 1.54) is 4.90 Å². The zero-order chi connectivity index (χ0) is 18.5. The molecule has 3 N–H and O–H groups in total. The Hall–Kier alpha value is -2.43. The van der Waals surface area contributed by atoms with Gasteiger partial charge in [0.1, 0.15) is 17.8 Å². The fraction of sp³-hybridized carbons (Fsp3) is 0.538. The first kappa shape index (κ1) is 19.6. The van der Waals surface area contributed by atoms with Crippen molar-refractivity contribution < 1.29 is 38.1 Å². The van der Waals surface area contributed by atoms with Crippen LogP contribution in [0.5, 0.6) is 0 Å². The van der Waals surface area contributed by atoms with Gasteiger partial charge in [-0.1, -0.05) is 0 Å². The Kier molecular flexibility index (Phi) is 6.46. The van der Waals surface area contributed by atoms with Gasteiger partial charge in [0, 0.05) is 32.0 Å². The lowest BCUT2D eigenvalue weighted by atomic mass is 10.0. The van der Waals surface area contributed by atoms with E-state index in [9.17, 15) is 23.1 Å². The molecule has 24 heavy (non-hydrogen) atoms. The monoisotopic (exact) mass is 351 g/mol. The lowest BCUT2D eigenvalue weighted by molar-refractivity contribution is -0.141. The predicted molar refractivity (Wildman–Crippen MR) is 74.3 cm³/mol. The molecule has 0 radical (unpaired) electrons. The Bertz CT molecular complexity index is 592. The molecule has 1 aliphatic heterocycles. The fourth-order valence-corrected chi connectivity index (χ4v) is 2.14. The van der Waals surface area contributed by atoms with Crippen LogP contribution in [-0.2, 0) is 15.8 Å². The van der Waals surface area contributed by atoms with Crippen molar-refractivity contribution in [2.45, 2.75) is 25.6 Å². The molecule has 1 aromatic rings. The first-order valence-corrected chi connectivity index (χ1v) is 6.74. The second-order valence-electron chi connectivity index (χ2n) is 5.11. The van der Waals surface area contributed by atoms with Crippen molar-refractivity contribution in [3.8, 4) is 0 Å². The molecule has 2 rings (SSSR count). The normalized spacial score (nSPS) is 20.3. The van der Waals surface area contributed by atoms with Crippen molar-refractivity contribution in [3.05, 3.63) is 18.1 Å². The third-order valence-corrected chi connectivity index (χ3v) is 3.11. The zero-order valence-electron chi connectivity index (χ0n) is 12.6. The van der Waals surface area contributed by atoms with E-state index in [0.29, 0.717) is 0 Å². The van der Waals surface area contributed by atoms with E-state index in [4.69, 9.17) is 15.0 Å². The summed E-state index contributed by atoms with van der Waals surface area (Å²) in [6.07, 6.45) is -4.92. The number of carboxylic acids is 2. The van der Waals surface area contributed by atoms with Crippen molar-refractivity contribution >= 4 is 17.8 Å². The van der Waals surface area contributed by atoms with Gasteiger partial charge in [-0.05, 0) is 0 Å². The number of anilines is 1. The van der Waals surface area contributed by atoms with Gasteiger partial charge in [0.25, 0.3) is 5.97 Å². The number of carbonyl (C=O) groups is 2. The van der Waals surface area contributed by atoms with Crippen LogP contribution in [0.2, 0.25) is 0 Å². The van der Waals surface area contributed by atoms with E-state index in [1.54, 1.807) is 0 Å². The van der Waals surface area contributed by atoms with Gasteiger partial charge in [-0.15, -0.1) is 0 Å². The van der Waals surface area contributed by atoms with Gasteiger partial charge in [-0.25, -0.2) is 9.97 Å². The first-order valence-electron chi connectivity index (χ1n) is 6.74. The summed E-state index contributed by atoms with van der Waals surface area (Å²) in [7, 11) is 0. The number of β-amino-alcohol motifs (C(OH)–C–C–N with tert-alkyl or cyclic N) is 1. The number of hydrogen-bond acceptors (Lipinski definition) is 6. The number of aliphatic hydroxyl groups is 1. The quantitative estimate of drug-likeness (QED) is 0.732. The van der Waals surface area contributed by atoms with Crippen molar-refractivity contribution in [2.75, 3.05) is 18.0 Å². The Balaban J connectivity index is 0.000000648. The second-order valence-corrected chi connectivity index (χ2v) is 5.11. The molecule has 1 fully saturated rings. The number of hydrogen-bond donors (Lipinski definition) is 3. The SMILES string of the molecule is CC(=O)O.O=C(O)C[C@@H]1CN(c2cc(C(F)(F)F)ncn2)C[C@H]1O. The van der Waals surface area contributed by atoms with Gasteiger partial charge in [-0.2, -0.15) is 13.2 Å². The molecule has 1 aliphatic rings. The maximum atomic E-state index is 12.5. The van der Waals surface area contributed by atoms with Gasteiger partial charge in [-0.3, -0.25) is 9.59 Å². The summed E-state index contributed by atoms with van der Waals surface area (Å²) in [5.74, 6) is -2.40. The van der Waals surface area contributed by atoms with Crippen LogP contribution in [0.25, 0.3) is 0 Å². The minimum absolute atomic E-state index is 0.0271. The van der Waals surface area contributed by atoms with Gasteiger partial charge < -0.3 is 20.2 Å². The third kappa shape index (κ3) is 5.99. The maximum absolute atomic E-state index is 12.5. The van der Waals surface area contributed by atoms with Crippen LogP contribution in [0, 0.1) is 5.92 Å². The second kappa shape index (κ2) is 7.90. The van der Waals surface area contributed by atoms with Crippen LogP contribution in [0.3, 0.4) is 0 Å². The average Bonchev–Trinajstić information content (AvgIpc) is 2.78. The zero-order valence-corrected chi connectivity index (χ0v) is 12.6. The molecule has 8 nitrogen and oxygen atoms in total. The van der Waals surface area contributed by atoms with Crippen LogP contribution < -0.4 is 4.90 Å². The minimum atomic E-state index is -4.57. The molecule has 134 valence electrons. The van der Waals surface area contributed by atoms with Crippen LogP contribution in [0.15, 0.2) is 12.4 Å². The Labute approximate surface area is 134 Å². The largest absolute Gasteiger partial charge is 0.481 e. The van der Waals surface area contributed by atoms with Crippen LogP contribution in [-0.4, -0.2) is 56.4 Å². The van der Waals surface area contributed by atoms with E-state index >= 15 is 0 Å². The molecule has 0 aromatic carbocycles. The molecule has 2 atom stereocenters. The van der Waals surface area contributed by atoms with E-state index in [1.807, 2.05) is 0 Å². The number of aliphatic carboxylic acids is 2. The standard InChI is InChI=1S/C11H12F3N3O3.C2H4O2/c12-11(13,14)8-2-9(16-5-15-8)17-3-6(1-10(19)20)7(18)4-17;1-2(3)4/h2,5-7,18H,1,3-4H2,(H,19,20);1H3,(H,3,4)/t6-,7-;/m1./s1. The number of aromatic nitrogens is 2. The predicted octanol–water partition coefficient (Wildman–Crippen LogP) is 0.858. The van der Waals surface area contributed by atoms with Crippen molar-refractivity contribution in [3.63, 3.8) is 0 Å². The molecule has 0 bridgehead atoms. The molecule has 0 saturated carbocycles.